The summed E-state index contributed by atoms with van der Waals surface area (Å²) >= 11 is 0. The number of hydrogen-bond donors (Lipinski definition) is 1. The fourth-order valence-electron chi connectivity index (χ4n) is 1.54. The standard InChI is InChI=1S/C14H17F2NO4S/c1-22(19,20)10-2-9-17-13(18)8-5-11-3-6-12(7-4-11)21-14(15)16/h3-8,14H,2,9-10H2,1H3,(H,17,18)/b8-5-. The minimum atomic E-state index is -3.02. The lowest BCUT2D eigenvalue weighted by atomic mass is 10.2. The van der Waals surface area contributed by atoms with E-state index < -0.39 is 16.4 Å². The van der Waals surface area contributed by atoms with E-state index in [-0.39, 0.29) is 24.0 Å². The molecule has 1 aromatic carbocycles. The molecule has 0 atom stereocenters. The van der Waals surface area contributed by atoms with E-state index in [0.29, 0.717) is 12.0 Å². The van der Waals surface area contributed by atoms with Crippen molar-refractivity contribution in [3.05, 3.63) is 35.9 Å². The predicted octanol–water partition coefficient (Wildman–Crippen LogP) is 1.85. The molecule has 0 aliphatic carbocycles. The molecule has 0 saturated carbocycles. The summed E-state index contributed by atoms with van der Waals surface area (Å²) in [6.45, 7) is -2.61. The van der Waals surface area contributed by atoms with Gasteiger partial charge in [-0.1, -0.05) is 12.1 Å². The van der Waals surface area contributed by atoms with Crippen LogP contribution in [-0.2, 0) is 14.6 Å². The van der Waals surface area contributed by atoms with Gasteiger partial charge in [-0.25, -0.2) is 8.42 Å². The highest BCUT2D eigenvalue weighted by Crippen LogP contribution is 2.15. The van der Waals surface area contributed by atoms with Crippen LogP contribution in [-0.4, -0.2) is 39.5 Å². The highest BCUT2D eigenvalue weighted by atomic mass is 32.2. The van der Waals surface area contributed by atoms with Crippen LogP contribution in [0.2, 0.25) is 0 Å². The monoisotopic (exact) mass is 333 g/mol. The first-order chi connectivity index (χ1) is 10.3. The second kappa shape index (κ2) is 8.47. The van der Waals surface area contributed by atoms with E-state index in [1.807, 2.05) is 0 Å². The predicted molar refractivity (Wildman–Crippen MR) is 79.4 cm³/mol. The maximum atomic E-state index is 12.0. The van der Waals surface area contributed by atoms with Gasteiger partial charge in [0.25, 0.3) is 0 Å². The van der Waals surface area contributed by atoms with E-state index in [1.54, 1.807) is 0 Å². The van der Waals surface area contributed by atoms with Crippen molar-refractivity contribution < 1.29 is 26.7 Å². The van der Waals surface area contributed by atoms with Gasteiger partial charge < -0.3 is 10.1 Å². The fourth-order valence-corrected chi connectivity index (χ4v) is 2.21. The Balaban J connectivity index is 2.39. The van der Waals surface area contributed by atoms with Crippen LogP contribution in [0.25, 0.3) is 6.08 Å². The van der Waals surface area contributed by atoms with Crippen molar-refractivity contribution >= 4 is 21.8 Å². The molecule has 122 valence electrons. The Kier molecular flexibility index (Phi) is 6.97. The van der Waals surface area contributed by atoms with Crippen molar-refractivity contribution in [3.63, 3.8) is 0 Å². The van der Waals surface area contributed by atoms with E-state index in [1.165, 1.54) is 36.4 Å². The summed E-state index contributed by atoms with van der Waals surface area (Å²) in [5.74, 6) is -0.304. The van der Waals surface area contributed by atoms with Gasteiger partial charge in [-0.05, 0) is 30.2 Å². The van der Waals surface area contributed by atoms with Crippen molar-refractivity contribution in [2.45, 2.75) is 13.0 Å². The Morgan fingerprint density at radius 1 is 1.32 bits per heavy atom. The minimum absolute atomic E-state index is 0.0165. The van der Waals surface area contributed by atoms with E-state index in [9.17, 15) is 22.0 Å². The lowest BCUT2D eigenvalue weighted by Crippen LogP contribution is -2.23. The van der Waals surface area contributed by atoms with Gasteiger partial charge in [0.05, 0.1) is 5.75 Å². The van der Waals surface area contributed by atoms with E-state index in [2.05, 4.69) is 10.1 Å². The Morgan fingerprint density at radius 2 is 1.95 bits per heavy atom. The molecule has 0 heterocycles. The Morgan fingerprint density at radius 3 is 2.50 bits per heavy atom. The number of ether oxygens (including phenoxy) is 1. The van der Waals surface area contributed by atoms with Crippen LogP contribution >= 0.6 is 0 Å². The SMILES string of the molecule is CS(=O)(=O)CCCNC(=O)/C=C\c1ccc(OC(F)F)cc1. The minimum Gasteiger partial charge on any atom is -0.435 e. The molecule has 0 aliphatic heterocycles. The number of halogens is 2. The summed E-state index contributed by atoms with van der Waals surface area (Å²) in [5, 5.41) is 2.55. The quantitative estimate of drug-likeness (QED) is 0.582. The van der Waals surface area contributed by atoms with E-state index >= 15 is 0 Å². The zero-order valence-electron chi connectivity index (χ0n) is 12.0. The molecule has 0 unspecified atom stereocenters. The summed E-state index contributed by atoms with van der Waals surface area (Å²) < 4.78 is 49.9. The van der Waals surface area contributed by atoms with E-state index in [4.69, 9.17) is 0 Å². The summed E-state index contributed by atoms with van der Waals surface area (Å²) in [6.07, 6.45) is 4.27. The Labute approximate surface area is 127 Å². The van der Waals surface area contributed by atoms with Crippen LogP contribution in [0, 0.1) is 0 Å². The van der Waals surface area contributed by atoms with Gasteiger partial charge in [0.15, 0.2) is 0 Å². The molecule has 0 radical (unpaired) electrons. The second-order valence-electron chi connectivity index (χ2n) is 4.56. The summed E-state index contributed by atoms with van der Waals surface area (Å²) in [5.41, 5.74) is 0.646. The first-order valence-electron chi connectivity index (χ1n) is 6.45. The first kappa shape index (κ1) is 18.1. The van der Waals surface area contributed by atoms with Gasteiger partial charge in [0.1, 0.15) is 15.6 Å². The van der Waals surface area contributed by atoms with Crippen LogP contribution in [0.15, 0.2) is 30.3 Å². The van der Waals surface area contributed by atoms with Crippen molar-refractivity contribution in [3.8, 4) is 5.75 Å². The number of benzene rings is 1. The van der Waals surface area contributed by atoms with Gasteiger partial charge in [0.2, 0.25) is 5.91 Å². The number of rotatable bonds is 8. The molecule has 8 heteroatoms. The zero-order chi connectivity index (χ0) is 16.6. The molecule has 0 aromatic heterocycles. The van der Waals surface area contributed by atoms with Gasteiger partial charge in [-0.2, -0.15) is 8.78 Å². The van der Waals surface area contributed by atoms with E-state index in [0.717, 1.165) is 6.26 Å². The number of alkyl halides is 2. The highest BCUT2D eigenvalue weighted by Gasteiger charge is 2.03. The topological polar surface area (TPSA) is 72.5 Å². The van der Waals surface area contributed by atoms with Gasteiger partial charge >= 0.3 is 6.61 Å². The Bertz CT molecular complexity index is 612. The molecule has 0 bridgehead atoms. The smallest absolute Gasteiger partial charge is 0.387 e. The summed E-state index contributed by atoms with van der Waals surface area (Å²) in [6, 6.07) is 5.81. The molecule has 0 aliphatic rings. The first-order valence-corrected chi connectivity index (χ1v) is 8.51. The van der Waals surface area contributed by atoms with Crippen LogP contribution in [0.4, 0.5) is 8.78 Å². The van der Waals surface area contributed by atoms with Crippen molar-refractivity contribution in [2.24, 2.45) is 0 Å². The number of amides is 1. The lowest BCUT2D eigenvalue weighted by Gasteiger charge is -2.04. The maximum absolute atomic E-state index is 12.0. The van der Waals surface area contributed by atoms with Crippen LogP contribution < -0.4 is 10.1 Å². The molecular weight excluding hydrogens is 316 g/mol. The Hall–Kier alpha value is -1.96. The third-order valence-corrected chi connectivity index (χ3v) is 3.55. The van der Waals surface area contributed by atoms with Crippen LogP contribution in [0.3, 0.4) is 0 Å². The highest BCUT2D eigenvalue weighted by molar-refractivity contribution is 7.90. The maximum Gasteiger partial charge on any atom is 0.387 e. The third kappa shape index (κ3) is 8.35. The average Bonchev–Trinajstić information content (AvgIpc) is 2.41. The van der Waals surface area contributed by atoms with Crippen molar-refractivity contribution in [1.82, 2.24) is 5.32 Å². The van der Waals surface area contributed by atoms with Crippen LogP contribution in [0.1, 0.15) is 12.0 Å². The summed E-state index contributed by atoms with van der Waals surface area (Å²) in [4.78, 5) is 11.5. The van der Waals surface area contributed by atoms with Crippen molar-refractivity contribution in [2.75, 3.05) is 18.6 Å². The average molecular weight is 333 g/mol. The van der Waals surface area contributed by atoms with Gasteiger partial charge in [-0.3, -0.25) is 4.79 Å². The number of nitrogens with one attached hydrogen (secondary N) is 1. The number of carbonyl (C=O) groups excluding carboxylic acids is 1. The fraction of sp³-hybridized carbons (Fsp3) is 0.357. The lowest BCUT2D eigenvalue weighted by molar-refractivity contribution is -0.116. The molecule has 5 nitrogen and oxygen atoms in total. The molecular formula is C14H17F2NO4S. The molecule has 0 saturated heterocycles. The largest absolute Gasteiger partial charge is 0.435 e. The number of carbonyl (C=O) groups is 1. The number of sulfone groups is 1. The molecule has 1 N–H and O–H groups in total. The number of hydrogen-bond acceptors (Lipinski definition) is 4. The zero-order valence-corrected chi connectivity index (χ0v) is 12.8. The van der Waals surface area contributed by atoms with Crippen LogP contribution in [0.5, 0.6) is 5.75 Å². The van der Waals surface area contributed by atoms with Crippen molar-refractivity contribution in [1.29, 1.82) is 0 Å². The second-order valence-corrected chi connectivity index (χ2v) is 6.82. The molecule has 1 amide bonds. The molecule has 1 aromatic rings. The molecule has 0 fully saturated rings. The third-order valence-electron chi connectivity index (χ3n) is 2.52. The molecule has 1 rings (SSSR count). The normalized spacial score (nSPS) is 11.8. The molecule has 22 heavy (non-hydrogen) atoms. The molecule has 0 spiro atoms. The summed E-state index contributed by atoms with van der Waals surface area (Å²) in [7, 11) is -3.02. The van der Waals surface area contributed by atoms with Gasteiger partial charge in [-0.15, -0.1) is 0 Å². The van der Waals surface area contributed by atoms with Gasteiger partial charge in [0, 0.05) is 18.9 Å².